The second kappa shape index (κ2) is 8.96. The summed E-state index contributed by atoms with van der Waals surface area (Å²) in [7, 11) is 0. The summed E-state index contributed by atoms with van der Waals surface area (Å²) in [5.41, 5.74) is 2.22. The van der Waals surface area contributed by atoms with Crippen molar-refractivity contribution in [2.75, 3.05) is 10.6 Å². The summed E-state index contributed by atoms with van der Waals surface area (Å²) in [5, 5.41) is 8.95. The van der Waals surface area contributed by atoms with Crippen LogP contribution in [0.5, 0.6) is 0 Å². The van der Waals surface area contributed by atoms with Crippen molar-refractivity contribution in [1.29, 1.82) is 0 Å². The molecule has 0 heterocycles. The van der Waals surface area contributed by atoms with Crippen molar-refractivity contribution in [1.82, 2.24) is 5.32 Å². The van der Waals surface area contributed by atoms with Crippen molar-refractivity contribution >= 4 is 58.2 Å². The van der Waals surface area contributed by atoms with E-state index in [-0.39, 0.29) is 16.9 Å². The number of benzene rings is 2. The number of amides is 2. The molecule has 0 aliphatic rings. The lowest BCUT2D eigenvalue weighted by molar-refractivity contribution is -0.117. The van der Waals surface area contributed by atoms with Gasteiger partial charge in [0, 0.05) is 29.4 Å². The van der Waals surface area contributed by atoms with Crippen LogP contribution in [0.2, 0.25) is 5.02 Å². The quantitative estimate of drug-likeness (QED) is 0.562. The minimum absolute atomic E-state index is 0.218. The molecule has 7 heteroatoms. The molecule has 0 saturated heterocycles. The summed E-state index contributed by atoms with van der Waals surface area (Å²) in [6.45, 7) is 1.38. The average molecular weight is 374 g/mol. The van der Waals surface area contributed by atoms with Crippen LogP contribution in [-0.4, -0.2) is 16.9 Å². The lowest BCUT2D eigenvalue weighted by Crippen LogP contribution is -2.32. The third kappa shape index (κ3) is 6.74. The highest BCUT2D eigenvalue weighted by atomic mass is 35.5. The van der Waals surface area contributed by atoms with E-state index < -0.39 is 0 Å². The Morgan fingerprint density at radius 2 is 1.52 bits per heavy atom. The van der Waals surface area contributed by atoms with Crippen LogP contribution in [0, 0.1) is 0 Å². The second-order valence-corrected chi connectivity index (χ2v) is 5.93. The van der Waals surface area contributed by atoms with E-state index in [1.807, 2.05) is 12.1 Å². The molecule has 2 aromatic carbocycles. The summed E-state index contributed by atoms with van der Waals surface area (Å²) in [6.07, 6.45) is 3.15. The predicted molar refractivity (Wildman–Crippen MR) is 106 cm³/mol. The van der Waals surface area contributed by atoms with Crippen LogP contribution in [-0.2, 0) is 9.59 Å². The molecule has 2 amide bonds. The zero-order chi connectivity index (χ0) is 18.2. The van der Waals surface area contributed by atoms with Crippen molar-refractivity contribution in [3.63, 3.8) is 0 Å². The molecule has 0 aromatic heterocycles. The van der Waals surface area contributed by atoms with Gasteiger partial charge in [-0.1, -0.05) is 23.7 Å². The predicted octanol–water partition coefficient (Wildman–Crippen LogP) is 3.82. The molecule has 0 fully saturated rings. The summed E-state index contributed by atoms with van der Waals surface area (Å²) in [5.74, 6) is -0.488. The first kappa shape index (κ1) is 18.6. The smallest absolute Gasteiger partial charge is 0.248 e. The largest absolute Gasteiger partial charge is 0.332 e. The first-order valence-electron chi connectivity index (χ1n) is 7.35. The number of hydrogen-bond acceptors (Lipinski definition) is 3. The van der Waals surface area contributed by atoms with E-state index in [0.29, 0.717) is 16.4 Å². The molecule has 3 N–H and O–H groups in total. The number of anilines is 2. The van der Waals surface area contributed by atoms with Crippen LogP contribution < -0.4 is 16.0 Å². The first-order valence-corrected chi connectivity index (χ1v) is 8.14. The fourth-order valence-corrected chi connectivity index (χ4v) is 2.28. The van der Waals surface area contributed by atoms with Crippen molar-refractivity contribution < 1.29 is 9.59 Å². The Labute approximate surface area is 156 Å². The van der Waals surface area contributed by atoms with Crippen LogP contribution in [0.1, 0.15) is 12.5 Å². The molecular formula is C18H16ClN3O2S. The monoisotopic (exact) mass is 373 g/mol. The van der Waals surface area contributed by atoms with E-state index >= 15 is 0 Å². The normalized spacial score (nSPS) is 10.3. The van der Waals surface area contributed by atoms with Gasteiger partial charge in [0.15, 0.2) is 5.11 Å². The average Bonchev–Trinajstić information content (AvgIpc) is 2.55. The van der Waals surface area contributed by atoms with Crippen molar-refractivity contribution in [2.24, 2.45) is 0 Å². The van der Waals surface area contributed by atoms with E-state index in [2.05, 4.69) is 16.0 Å². The van der Waals surface area contributed by atoms with Crippen LogP contribution in [0.3, 0.4) is 0 Å². The Kier molecular flexibility index (Phi) is 6.68. The molecule has 0 bridgehead atoms. The van der Waals surface area contributed by atoms with E-state index in [0.717, 1.165) is 5.56 Å². The minimum atomic E-state index is -0.246. The fourth-order valence-electron chi connectivity index (χ4n) is 1.89. The van der Waals surface area contributed by atoms with Crippen LogP contribution >= 0.6 is 23.8 Å². The molecule has 0 atom stereocenters. The van der Waals surface area contributed by atoms with Crippen LogP contribution in [0.4, 0.5) is 11.4 Å². The highest BCUT2D eigenvalue weighted by Crippen LogP contribution is 2.14. The van der Waals surface area contributed by atoms with Gasteiger partial charge in [0.05, 0.1) is 0 Å². The topological polar surface area (TPSA) is 70.2 Å². The third-order valence-corrected chi connectivity index (χ3v) is 3.45. The Morgan fingerprint density at radius 3 is 2.08 bits per heavy atom. The molecule has 5 nitrogen and oxygen atoms in total. The van der Waals surface area contributed by atoms with Gasteiger partial charge < -0.3 is 16.0 Å². The highest BCUT2D eigenvalue weighted by molar-refractivity contribution is 7.80. The summed E-state index contributed by atoms with van der Waals surface area (Å²) >= 11 is 10.8. The molecule has 0 aliphatic heterocycles. The van der Waals surface area contributed by atoms with Gasteiger partial charge >= 0.3 is 0 Å². The molecule has 0 saturated carbocycles. The lowest BCUT2D eigenvalue weighted by Gasteiger charge is -2.09. The maximum Gasteiger partial charge on any atom is 0.248 e. The molecule has 2 aromatic rings. The number of thiocarbonyl (C=S) groups is 1. The lowest BCUT2D eigenvalue weighted by atomic mass is 10.2. The summed E-state index contributed by atoms with van der Waals surface area (Å²) in [6, 6.07) is 14.1. The molecule has 128 valence electrons. The second-order valence-electron chi connectivity index (χ2n) is 5.09. The number of hydrogen-bond donors (Lipinski definition) is 3. The molecular weight excluding hydrogens is 358 g/mol. The van der Waals surface area contributed by atoms with Crippen LogP contribution in [0.15, 0.2) is 54.6 Å². The number of carbonyl (C=O) groups excluding carboxylic acids is 2. The molecule has 0 spiro atoms. The van der Waals surface area contributed by atoms with Gasteiger partial charge in [0.25, 0.3) is 0 Å². The van der Waals surface area contributed by atoms with E-state index in [4.69, 9.17) is 23.8 Å². The maximum absolute atomic E-state index is 11.9. The minimum Gasteiger partial charge on any atom is -0.332 e. The van der Waals surface area contributed by atoms with Gasteiger partial charge in [-0.05, 0) is 60.3 Å². The molecule has 25 heavy (non-hydrogen) atoms. The Bertz CT molecular complexity index is 802. The molecule has 0 unspecified atom stereocenters. The van der Waals surface area contributed by atoms with Crippen LogP contribution in [0.25, 0.3) is 6.08 Å². The van der Waals surface area contributed by atoms with Gasteiger partial charge in [-0.3, -0.25) is 9.59 Å². The zero-order valence-electron chi connectivity index (χ0n) is 13.4. The number of nitrogens with one attached hydrogen (secondary N) is 3. The molecule has 2 rings (SSSR count). The van der Waals surface area contributed by atoms with Gasteiger partial charge in [-0.25, -0.2) is 0 Å². The van der Waals surface area contributed by atoms with Crippen molar-refractivity contribution in [3.8, 4) is 0 Å². The van der Waals surface area contributed by atoms with E-state index in [9.17, 15) is 9.59 Å². The van der Waals surface area contributed by atoms with E-state index in [1.54, 1.807) is 42.5 Å². The molecule has 0 radical (unpaired) electrons. The standard InChI is InChI=1S/C18H16ClN3O2S/c1-12(23)20-18(25)22-16-9-7-15(8-10-16)21-17(24)11-4-13-2-5-14(19)6-3-13/h2-11H,1H3,(H,21,24)(H2,20,22,23,25)/b11-4+. The first-order chi connectivity index (χ1) is 11.9. The summed E-state index contributed by atoms with van der Waals surface area (Å²) in [4.78, 5) is 22.8. The maximum atomic E-state index is 11.9. The fraction of sp³-hybridized carbons (Fsp3) is 0.0556. The number of rotatable bonds is 4. The van der Waals surface area contributed by atoms with Gasteiger partial charge in [-0.15, -0.1) is 0 Å². The Morgan fingerprint density at radius 1 is 0.960 bits per heavy atom. The van der Waals surface area contributed by atoms with Gasteiger partial charge in [-0.2, -0.15) is 0 Å². The molecule has 0 aliphatic carbocycles. The van der Waals surface area contributed by atoms with Crippen molar-refractivity contribution in [2.45, 2.75) is 6.92 Å². The SMILES string of the molecule is CC(=O)NC(=S)Nc1ccc(NC(=O)/C=C/c2ccc(Cl)cc2)cc1. The highest BCUT2D eigenvalue weighted by Gasteiger charge is 2.01. The van der Waals surface area contributed by atoms with E-state index in [1.165, 1.54) is 13.0 Å². The Hall–Kier alpha value is -2.70. The zero-order valence-corrected chi connectivity index (χ0v) is 14.9. The number of halogens is 1. The van der Waals surface area contributed by atoms with Gasteiger partial charge in [0.2, 0.25) is 11.8 Å². The Balaban J connectivity index is 1.89. The number of carbonyl (C=O) groups is 2. The summed E-state index contributed by atoms with van der Waals surface area (Å²) < 4.78 is 0. The third-order valence-electron chi connectivity index (χ3n) is 3.00. The van der Waals surface area contributed by atoms with Gasteiger partial charge in [0.1, 0.15) is 0 Å². The van der Waals surface area contributed by atoms with Crippen molar-refractivity contribution in [3.05, 3.63) is 65.2 Å².